The van der Waals surface area contributed by atoms with Gasteiger partial charge in [0.15, 0.2) is 11.3 Å². The average Bonchev–Trinajstić information content (AvgIpc) is 3.75. The molecular weight excluding hydrogens is 696 g/mol. The highest BCUT2D eigenvalue weighted by Crippen LogP contribution is 2.30. The van der Waals surface area contributed by atoms with Crippen LogP contribution in [0.3, 0.4) is 0 Å². The van der Waals surface area contributed by atoms with Gasteiger partial charge in [0.05, 0.1) is 31.7 Å². The highest BCUT2D eigenvalue weighted by Gasteiger charge is 2.20. The minimum Gasteiger partial charge on any atom is -0.463 e. The van der Waals surface area contributed by atoms with Crippen molar-refractivity contribution >= 4 is 23.5 Å². The largest absolute Gasteiger partial charge is 0.463 e. The Morgan fingerprint density at radius 2 is 1.69 bits per heavy atom. The van der Waals surface area contributed by atoms with Crippen LogP contribution in [-0.4, -0.2) is 84.8 Å². The molecule has 0 aliphatic heterocycles. The molecule has 1 atom stereocenters. The first-order valence-corrected chi connectivity index (χ1v) is 16.2. The number of nitrogens with one attached hydrogen (secondary N) is 1. The molecule has 4 rings (SSSR count). The normalized spacial score (nSPS) is 11.5. The molecule has 0 radical (unpaired) electrons. The summed E-state index contributed by atoms with van der Waals surface area (Å²) < 4.78 is 17.5. The molecule has 0 aliphatic rings. The second kappa shape index (κ2) is 19.5. The number of halogens is 1. The molecule has 2 aromatic carbocycles. The number of benzene rings is 2. The monoisotopic (exact) mass is 730 g/mol. The van der Waals surface area contributed by atoms with Crippen molar-refractivity contribution < 1.29 is 43.6 Å². The number of aryl methyl sites for hydroxylation is 1. The molecule has 0 fully saturated rings. The first-order valence-electron chi connectivity index (χ1n) is 15.8. The Hall–Kier alpha value is -5.69. The Morgan fingerprint density at radius 3 is 2.35 bits per heavy atom. The highest BCUT2D eigenvalue weighted by molar-refractivity contribution is 6.30. The van der Waals surface area contributed by atoms with Crippen LogP contribution >= 0.6 is 11.6 Å². The van der Waals surface area contributed by atoms with Crippen molar-refractivity contribution in [1.82, 2.24) is 30.2 Å². The van der Waals surface area contributed by atoms with E-state index >= 15 is 0 Å². The van der Waals surface area contributed by atoms with Crippen molar-refractivity contribution in [1.29, 1.82) is 0 Å². The van der Waals surface area contributed by atoms with Gasteiger partial charge in [-0.2, -0.15) is 5.21 Å². The summed E-state index contributed by atoms with van der Waals surface area (Å²) in [7, 11) is 0. The van der Waals surface area contributed by atoms with Crippen LogP contribution in [0.5, 0.6) is 0 Å². The summed E-state index contributed by atoms with van der Waals surface area (Å²) in [5.41, 5.74) is 4.23. The van der Waals surface area contributed by atoms with E-state index in [-0.39, 0.29) is 37.8 Å². The molecule has 2 heterocycles. The van der Waals surface area contributed by atoms with Crippen molar-refractivity contribution in [3.8, 4) is 22.5 Å². The topological polar surface area (TPSA) is 239 Å². The van der Waals surface area contributed by atoms with Crippen LogP contribution in [0.2, 0.25) is 5.15 Å². The van der Waals surface area contributed by atoms with Crippen molar-refractivity contribution in [2.24, 2.45) is 0 Å². The molecule has 1 unspecified atom stereocenters. The number of carbonyl (C=O) groups excluding carboxylic acids is 2. The molecule has 51 heavy (non-hydrogen) atoms. The van der Waals surface area contributed by atoms with Gasteiger partial charge >= 0.3 is 11.9 Å². The maximum absolute atomic E-state index is 12.5. The molecule has 4 aromatic rings. The average molecular weight is 731 g/mol. The van der Waals surface area contributed by atoms with E-state index in [1.165, 1.54) is 0 Å². The predicted octanol–water partition coefficient (Wildman–Crippen LogP) is 3.94. The second-order valence-electron chi connectivity index (χ2n) is 10.9. The van der Waals surface area contributed by atoms with Crippen molar-refractivity contribution in [3.05, 3.63) is 91.0 Å². The fourth-order valence-corrected chi connectivity index (χ4v) is 5.09. The number of hydrogen-bond acceptors (Lipinski definition) is 15. The summed E-state index contributed by atoms with van der Waals surface area (Å²) in [6, 6.07) is 15.7. The van der Waals surface area contributed by atoms with E-state index in [0.29, 0.717) is 24.5 Å². The zero-order chi connectivity index (χ0) is 36.6. The Bertz CT molecular complexity index is 1750. The van der Waals surface area contributed by atoms with Gasteiger partial charge in [-0.15, -0.1) is 30.4 Å². The van der Waals surface area contributed by atoms with E-state index in [1.807, 2.05) is 53.1 Å². The van der Waals surface area contributed by atoms with E-state index in [1.54, 1.807) is 0 Å². The third-order valence-electron chi connectivity index (χ3n) is 7.27. The van der Waals surface area contributed by atoms with Gasteiger partial charge in [-0.05, 0) is 28.3 Å². The van der Waals surface area contributed by atoms with E-state index in [9.17, 15) is 29.8 Å². The lowest BCUT2D eigenvalue weighted by Crippen LogP contribution is -2.30. The quantitative estimate of drug-likeness (QED) is 0.0521. The lowest BCUT2D eigenvalue weighted by Gasteiger charge is -2.14. The number of aromatic amines is 1. The number of aromatic nitrogens is 6. The van der Waals surface area contributed by atoms with E-state index < -0.39 is 41.4 Å². The van der Waals surface area contributed by atoms with Crippen LogP contribution in [0.15, 0.2) is 48.5 Å². The van der Waals surface area contributed by atoms with Crippen LogP contribution in [0.25, 0.3) is 22.5 Å². The molecule has 20 heteroatoms. The van der Waals surface area contributed by atoms with Gasteiger partial charge in [-0.1, -0.05) is 73.5 Å². The number of rotatable bonds is 22. The zero-order valence-electron chi connectivity index (χ0n) is 27.5. The maximum Gasteiger partial charge on any atom is 0.306 e. The summed E-state index contributed by atoms with van der Waals surface area (Å²) in [4.78, 5) is 58.3. The zero-order valence-corrected chi connectivity index (χ0v) is 28.2. The summed E-state index contributed by atoms with van der Waals surface area (Å²) in [5, 5.41) is 33.1. The molecule has 272 valence electrons. The van der Waals surface area contributed by atoms with E-state index in [4.69, 9.17) is 25.8 Å². The number of imidazole rings is 1. The van der Waals surface area contributed by atoms with Gasteiger partial charge < -0.3 is 28.5 Å². The lowest BCUT2D eigenvalue weighted by atomic mass is 9.98. The Kier molecular flexibility index (Phi) is 14.6. The third-order valence-corrected chi connectivity index (χ3v) is 7.58. The lowest BCUT2D eigenvalue weighted by molar-refractivity contribution is -0.790. The molecule has 2 aromatic heterocycles. The van der Waals surface area contributed by atoms with Crippen molar-refractivity contribution in [3.63, 3.8) is 0 Å². The Labute approximate surface area is 295 Å². The molecule has 0 saturated heterocycles. The van der Waals surface area contributed by atoms with Crippen LogP contribution in [0.1, 0.15) is 49.7 Å². The van der Waals surface area contributed by atoms with Crippen molar-refractivity contribution in [2.75, 3.05) is 26.4 Å². The number of carbonyl (C=O) groups is 2. The molecule has 0 bridgehead atoms. The summed E-state index contributed by atoms with van der Waals surface area (Å²) in [5.74, 6) is -0.119. The Morgan fingerprint density at radius 1 is 0.961 bits per heavy atom. The van der Waals surface area contributed by atoms with Crippen LogP contribution < -0.4 is 0 Å². The number of esters is 2. The standard InChI is InChI=1S/C31H35ClN8O11/c1-2-3-8-27-33-30(32)26(20-49-29(42)14-13-28(41)48-16-15-47-18-23(51-40(45)46)19-50-39(43)44)38(27)17-21-9-11-22(12-10-21)24-6-4-5-7-25(24)31-34-36-37-35-31/h4-7,9-12,23H,2-3,8,13-20H2,1H3,(H,34,35,36,37). The van der Waals surface area contributed by atoms with Crippen LogP contribution in [0.4, 0.5) is 0 Å². The van der Waals surface area contributed by atoms with Crippen LogP contribution in [-0.2, 0) is 53.0 Å². The van der Waals surface area contributed by atoms with E-state index in [0.717, 1.165) is 40.9 Å². The molecule has 1 N–H and O–H groups in total. The van der Waals surface area contributed by atoms with Crippen LogP contribution in [0, 0.1) is 20.2 Å². The summed E-state index contributed by atoms with van der Waals surface area (Å²) in [6.07, 6.45) is 0.598. The minimum atomic E-state index is -1.36. The smallest absolute Gasteiger partial charge is 0.306 e. The molecule has 0 amide bonds. The minimum absolute atomic E-state index is 0.163. The molecule has 19 nitrogen and oxygen atoms in total. The summed E-state index contributed by atoms with van der Waals surface area (Å²) >= 11 is 6.53. The molecule has 0 spiro atoms. The second-order valence-corrected chi connectivity index (χ2v) is 11.2. The number of H-pyrrole nitrogens is 1. The predicted molar refractivity (Wildman–Crippen MR) is 176 cm³/mol. The number of hydrogen-bond donors (Lipinski definition) is 1. The number of unbranched alkanes of at least 4 members (excludes halogenated alkanes) is 1. The third kappa shape index (κ3) is 12.0. The molecule has 0 saturated carbocycles. The summed E-state index contributed by atoms with van der Waals surface area (Å²) in [6.45, 7) is 0.748. The first kappa shape index (κ1) is 38.1. The molecule has 0 aliphatic carbocycles. The number of tetrazole rings is 1. The van der Waals surface area contributed by atoms with Gasteiger partial charge in [0, 0.05) is 18.5 Å². The van der Waals surface area contributed by atoms with Gasteiger partial charge in [-0.25, -0.2) is 4.98 Å². The number of ether oxygens (including phenoxy) is 3. The molecular formula is C31H35ClN8O11. The van der Waals surface area contributed by atoms with Gasteiger partial charge in [0.2, 0.25) is 5.82 Å². The SMILES string of the molecule is CCCCc1nc(Cl)c(COC(=O)CCC(=O)OCCOCC(CO[N+](=O)[O-])O[N+](=O)[O-])n1Cc1ccc(-c2ccccc2-c2nn[nH]n2)cc1. The fourth-order valence-electron chi connectivity index (χ4n) is 4.83. The van der Waals surface area contributed by atoms with Crippen molar-refractivity contribution in [2.45, 2.75) is 58.3 Å². The van der Waals surface area contributed by atoms with Gasteiger partial charge in [-0.3, -0.25) is 9.59 Å². The fraction of sp³-hybridized carbons (Fsp3) is 0.419. The highest BCUT2D eigenvalue weighted by atomic mass is 35.5. The van der Waals surface area contributed by atoms with Gasteiger partial charge in [0.1, 0.15) is 25.6 Å². The van der Waals surface area contributed by atoms with Gasteiger partial charge in [0.25, 0.3) is 10.2 Å². The Balaban J connectivity index is 1.29. The maximum atomic E-state index is 12.5. The first-order chi connectivity index (χ1) is 24.6. The van der Waals surface area contributed by atoms with E-state index in [2.05, 4.69) is 42.2 Å². The number of nitrogens with zero attached hydrogens (tertiary/aromatic N) is 7.